The van der Waals surface area contributed by atoms with Crippen LogP contribution in [0, 0.1) is 0 Å². The summed E-state index contributed by atoms with van der Waals surface area (Å²) in [5, 5.41) is 23.0. The van der Waals surface area contributed by atoms with Crippen LogP contribution in [0.2, 0.25) is 0 Å². The molecule has 0 spiro atoms. The van der Waals surface area contributed by atoms with Crippen molar-refractivity contribution in [2.24, 2.45) is 0 Å². The highest BCUT2D eigenvalue weighted by molar-refractivity contribution is 5.84. The van der Waals surface area contributed by atoms with E-state index in [-0.39, 0.29) is 62.9 Å². The summed E-state index contributed by atoms with van der Waals surface area (Å²) >= 11 is 0. The molecule has 1 atom stereocenters. The number of hydrogen-bond acceptors (Lipinski definition) is 7. The summed E-state index contributed by atoms with van der Waals surface area (Å²) in [6.45, 7) is 0.939. The van der Waals surface area contributed by atoms with Gasteiger partial charge in [-0.1, -0.05) is 64.2 Å². The lowest BCUT2D eigenvalue weighted by Gasteiger charge is -2.14. The molecule has 40 heavy (non-hydrogen) atoms. The number of likely N-dealkylation sites (N-methyl/N-ethyl adjacent to an activating group) is 1. The predicted octanol–water partition coefficient (Wildman–Crippen LogP) is 4.01. The third-order valence-corrected chi connectivity index (χ3v) is 6.52. The van der Waals surface area contributed by atoms with Gasteiger partial charge in [-0.2, -0.15) is 0 Å². The number of rotatable bonds is 29. The van der Waals surface area contributed by atoms with Crippen molar-refractivity contribution in [3.05, 3.63) is 0 Å². The Morgan fingerprint density at radius 3 is 1.65 bits per heavy atom. The summed E-state index contributed by atoms with van der Waals surface area (Å²) in [4.78, 5) is 57.2. The van der Waals surface area contributed by atoms with Crippen molar-refractivity contribution in [1.82, 2.24) is 10.6 Å². The number of unbranched alkanes of at least 4 members (excludes halogenated alkanes) is 11. The molecule has 0 saturated carbocycles. The van der Waals surface area contributed by atoms with Gasteiger partial charge in [0.2, 0.25) is 11.8 Å². The minimum absolute atomic E-state index is 0.0256. The zero-order valence-electron chi connectivity index (χ0n) is 24.4. The zero-order valence-corrected chi connectivity index (χ0v) is 24.4. The SMILES string of the molecule is CNC(=O)COCCOCCCC(=O)CC[C@H](NC(=O)CCCCCCCCCCCCCCC(=O)O)C(=O)O. The maximum absolute atomic E-state index is 12.2. The van der Waals surface area contributed by atoms with Gasteiger partial charge >= 0.3 is 11.9 Å². The molecule has 0 fully saturated rings. The molecule has 0 aliphatic rings. The van der Waals surface area contributed by atoms with Crippen molar-refractivity contribution in [2.75, 3.05) is 33.5 Å². The van der Waals surface area contributed by atoms with Crippen molar-refractivity contribution in [2.45, 2.75) is 122 Å². The molecule has 0 aliphatic heterocycles. The zero-order chi connectivity index (χ0) is 29.8. The molecule has 0 aromatic rings. The van der Waals surface area contributed by atoms with E-state index in [1.807, 2.05) is 0 Å². The van der Waals surface area contributed by atoms with Gasteiger partial charge in [0.25, 0.3) is 0 Å². The highest BCUT2D eigenvalue weighted by Crippen LogP contribution is 2.13. The van der Waals surface area contributed by atoms with Crippen LogP contribution >= 0.6 is 0 Å². The van der Waals surface area contributed by atoms with E-state index in [4.69, 9.17) is 14.6 Å². The number of carbonyl (C=O) groups is 5. The normalized spacial score (nSPS) is 11.6. The van der Waals surface area contributed by atoms with Crippen LogP contribution in [0.5, 0.6) is 0 Å². The lowest BCUT2D eigenvalue weighted by molar-refractivity contribution is -0.142. The molecule has 2 amide bonds. The van der Waals surface area contributed by atoms with Gasteiger partial charge in [0.05, 0.1) is 13.2 Å². The number of carboxylic acids is 2. The Bertz CT molecular complexity index is 716. The van der Waals surface area contributed by atoms with Crippen LogP contribution < -0.4 is 10.6 Å². The lowest BCUT2D eigenvalue weighted by atomic mass is 10.0. The van der Waals surface area contributed by atoms with Crippen molar-refractivity contribution in [1.29, 1.82) is 0 Å². The van der Waals surface area contributed by atoms with E-state index in [0.29, 0.717) is 26.1 Å². The molecule has 0 unspecified atom stereocenters. The highest BCUT2D eigenvalue weighted by atomic mass is 16.5. The fraction of sp³-hybridized carbons (Fsp3) is 0.828. The highest BCUT2D eigenvalue weighted by Gasteiger charge is 2.20. The standard InChI is InChI=1S/C29H52N2O9/c1-30-27(34)23-40-22-21-39-20-14-15-24(32)18-19-25(29(37)38)31-26(33)16-12-10-8-6-4-2-3-5-7-9-11-13-17-28(35)36/h25H,2-23H2,1H3,(H,30,34)(H,31,33)(H,35,36)(H,37,38)/t25-/m0/s1. The number of Topliss-reactive ketones (excluding diaryl/α,β-unsaturated/α-hetero) is 1. The maximum Gasteiger partial charge on any atom is 0.326 e. The Kier molecular flexibility index (Phi) is 25.0. The van der Waals surface area contributed by atoms with Gasteiger partial charge < -0.3 is 30.3 Å². The number of ether oxygens (including phenoxy) is 2. The molecule has 0 rings (SSSR count). The van der Waals surface area contributed by atoms with E-state index >= 15 is 0 Å². The van der Waals surface area contributed by atoms with Gasteiger partial charge in [0, 0.05) is 39.3 Å². The Morgan fingerprint density at radius 1 is 0.600 bits per heavy atom. The second-order valence-corrected chi connectivity index (χ2v) is 10.1. The van der Waals surface area contributed by atoms with Crippen molar-refractivity contribution in [3.63, 3.8) is 0 Å². The molecule has 0 radical (unpaired) electrons. The van der Waals surface area contributed by atoms with Crippen molar-refractivity contribution in [3.8, 4) is 0 Å². The molecular formula is C29H52N2O9. The Labute approximate surface area is 239 Å². The summed E-state index contributed by atoms with van der Waals surface area (Å²) in [6.07, 6.45) is 14.0. The Hall–Kier alpha value is -2.53. The molecule has 0 saturated heterocycles. The van der Waals surface area contributed by atoms with Crippen LogP contribution in [-0.4, -0.2) is 79.3 Å². The first-order valence-corrected chi connectivity index (χ1v) is 14.9. The maximum atomic E-state index is 12.2. The van der Waals surface area contributed by atoms with Crippen LogP contribution in [0.25, 0.3) is 0 Å². The van der Waals surface area contributed by atoms with Gasteiger partial charge in [0.15, 0.2) is 0 Å². The topological polar surface area (TPSA) is 168 Å². The second kappa shape index (κ2) is 26.7. The molecule has 11 heteroatoms. The van der Waals surface area contributed by atoms with E-state index in [1.165, 1.54) is 32.7 Å². The first-order valence-electron chi connectivity index (χ1n) is 14.9. The lowest BCUT2D eigenvalue weighted by Crippen LogP contribution is -2.41. The fourth-order valence-electron chi connectivity index (χ4n) is 4.11. The van der Waals surface area contributed by atoms with Crippen LogP contribution in [0.4, 0.5) is 0 Å². The molecule has 0 heterocycles. The van der Waals surface area contributed by atoms with Crippen LogP contribution in [-0.2, 0) is 33.4 Å². The second-order valence-electron chi connectivity index (χ2n) is 10.1. The summed E-state index contributed by atoms with van der Waals surface area (Å²) in [5.41, 5.74) is 0. The van der Waals surface area contributed by atoms with Crippen molar-refractivity contribution < 1.29 is 43.7 Å². The number of amides is 2. The van der Waals surface area contributed by atoms with Crippen molar-refractivity contribution >= 4 is 29.5 Å². The van der Waals surface area contributed by atoms with Gasteiger partial charge in [-0.3, -0.25) is 19.2 Å². The molecule has 0 aliphatic carbocycles. The minimum Gasteiger partial charge on any atom is -0.481 e. The molecule has 232 valence electrons. The first-order chi connectivity index (χ1) is 19.3. The van der Waals surface area contributed by atoms with Gasteiger partial charge in [-0.05, 0) is 25.7 Å². The average Bonchev–Trinajstić information content (AvgIpc) is 2.91. The summed E-state index contributed by atoms with van der Waals surface area (Å²) in [5.74, 6) is -2.44. The fourth-order valence-corrected chi connectivity index (χ4v) is 4.11. The van der Waals surface area contributed by atoms with Gasteiger partial charge in [-0.25, -0.2) is 4.79 Å². The third-order valence-electron chi connectivity index (χ3n) is 6.52. The molecule has 0 bridgehead atoms. The van der Waals surface area contributed by atoms with E-state index in [1.54, 1.807) is 0 Å². The third kappa shape index (κ3) is 25.7. The van der Waals surface area contributed by atoms with E-state index < -0.39 is 18.0 Å². The molecule has 0 aromatic carbocycles. The first kappa shape index (κ1) is 37.5. The monoisotopic (exact) mass is 572 g/mol. The smallest absolute Gasteiger partial charge is 0.326 e. The van der Waals surface area contributed by atoms with E-state index in [9.17, 15) is 29.1 Å². The Balaban J connectivity index is 3.71. The predicted molar refractivity (Wildman–Crippen MR) is 151 cm³/mol. The minimum atomic E-state index is -1.14. The summed E-state index contributed by atoms with van der Waals surface area (Å²) in [6, 6.07) is -1.07. The number of aliphatic carboxylic acids is 2. The molecule has 4 N–H and O–H groups in total. The average molecular weight is 573 g/mol. The van der Waals surface area contributed by atoms with Gasteiger partial charge in [0.1, 0.15) is 18.4 Å². The molecule has 0 aromatic heterocycles. The Morgan fingerprint density at radius 2 is 1.12 bits per heavy atom. The van der Waals surface area contributed by atoms with Gasteiger partial charge in [-0.15, -0.1) is 0 Å². The molecule has 11 nitrogen and oxygen atoms in total. The summed E-state index contributed by atoms with van der Waals surface area (Å²) < 4.78 is 10.4. The molecular weight excluding hydrogens is 520 g/mol. The number of ketones is 1. The van der Waals surface area contributed by atoms with E-state index in [2.05, 4.69) is 10.6 Å². The van der Waals surface area contributed by atoms with Crippen LogP contribution in [0.3, 0.4) is 0 Å². The van der Waals surface area contributed by atoms with Crippen LogP contribution in [0.15, 0.2) is 0 Å². The number of nitrogens with one attached hydrogen (secondary N) is 2. The quantitative estimate of drug-likeness (QED) is 0.0968. The number of hydrogen-bond donors (Lipinski definition) is 4. The summed E-state index contributed by atoms with van der Waals surface area (Å²) in [7, 11) is 1.53. The van der Waals surface area contributed by atoms with Crippen LogP contribution in [0.1, 0.15) is 116 Å². The largest absolute Gasteiger partial charge is 0.481 e. The van der Waals surface area contributed by atoms with E-state index in [0.717, 1.165) is 44.9 Å². The number of carbonyl (C=O) groups excluding carboxylic acids is 3. The number of carboxylic acid groups (broad SMARTS) is 2.